The first kappa shape index (κ1) is 19.9. The third-order valence-corrected chi connectivity index (χ3v) is 4.60. The Kier molecular flexibility index (Phi) is 5.71. The predicted octanol–water partition coefficient (Wildman–Crippen LogP) is 4.34. The second-order valence-corrected chi connectivity index (χ2v) is 6.75. The molecule has 28 heavy (non-hydrogen) atoms. The number of urea groups is 1. The summed E-state index contributed by atoms with van der Waals surface area (Å²) in [5.41, 5.74) is 0.158. The van der Waals surface area contributed by atoms with E-state index in [4.69, 9.17) is 0 Å². The molecule has 2 aromatic rings. The lowest BCUT2D eigenvalue weighted by atomic mass is 10.1. The molecule has 150 valence electrons. The van der Waals surface area contributed by atoms with Crippen molar-refractivity contribution in [3.05, 3.63) is 53.5 Å². The van der Waals surface area contributed by atoms with Crippen LogP contribution in [0.15, 0.2) is 36.5 Å². The largest absolute Gasteiger partial charge is 0.417 e. The van der Waals surface area contributed by atoms with Gasteiger partial charge in [-0.3, -0.25) is 0 Å². The predicted molar refractivity (Wildman–Crippen MR) is 97.8 cm³/mol. The number of alkyl halides is 3. The van der Waals surface area contributed by atoms with Crippen molar-refractivity contribution in [3.8, 4) is 0 Å². The molecular weight excluding hydrogens is 376 g/mol. The summed E-state index contributed by atoms with van der Waals surface area (Å²) in [6.45, 7) is 2.89. The van der Waals surface area contributed by atoms with Crippen LogP contribution in [-0.2, 0) is 6.18 Å². The zero-order valence-corrected chi connectivity index (χ0v) is 15.2. The number of piperidine rings is 1. The van der Waals surface area contributed by atoms with Gasteiger partial charge in [-0.2, -0.15) is 13.2 Å². The van der Waals surface area contributed by atoms with Crippen molar-refractivity contribution in [2.45, 2.75) is 32.0 Å². The maximum Gasteiger partial charge on any atom is 0.417 e. The van der Waals surface area contributed by atoms with Gasteiger partial charge in [-0.1, -0.05) is 6.07 Å². The number of nitrogens with zero attached hydrogens (tertiary/aromatic N) is 2. The Hall–Kier alpha value is -2.84. The lowest BCUT2D eigenvalue weighted by Crippen LogP contribution is -2.46. The summed E-state index contributed by atoms with van der Waals surface area (Å²) in [6.07, 6.45) is -2.38. The van der Waals surface area contributed by atoms with Gasteiger partial charge >= 0.3 is 12.2 Å². The number of carbonyl (C=O) groups excluding carboxylic acids is 1. The molecule has 0 saturated carbocycles. The number of hydrogen-bond acceptors (Lipinski definition) is 3. The minimum atomic E-state index is -4.41. The van der Waals surface area contributed by atoms with Crippen molar-refractivity contribution < 1.29 is 22.4 Å². The number of aromatic nitrogens is 1. The van der Waals surface area contributed by atoms with Crippen LogP contribution in [0.25, 0.3) is 0 Å². The lowest BCUT2D eigenvalue weighted by Gasteiger charge is -2.33. The Balaban J connectivity index is 1.51. The summed E-state index contributed by atoms with van der Waals surface area (Å²) in [7, 11) is 0. The highest BCUT2D eigenvalue weighted by Crippen LogP contribution is 2.29. The van der Waals surface area contributed by atoms with Crippen LogP contribution >= 0.6 is 0 Å². The second-order valence-electron chi connectivity index (χ2n) is 6.75. The van der Waals surface area contributed by atoms with Gasteiger partial charge in [0.15, 0.2) is 0 Å². The molecule has 1 aliphatic heterocycles. The standard InChI is InChI=1S/C19H20F4N4O/c1-12-2-4-15(20)16(10-12)26-18(28)25-14-6-8-27(9-7-14)17-5-3-13(11-24-17)19(21,22)23/h2-5,10-11,14H,6-9H2,1H3,(H2,25,26,28). The third kappa shape index (κ3) is 4.90. The summed E-state index contributed by atoms with van der Waals surface area (Å²) in [6, 6.07) is 6.21. The molecule has 5 nitrogen and oxygen atoms in total. The van der Waals surface area contributed by atoms with Crippen molar-refractivity contribution >= 4 is 17.5 Å². The van der Waals surface area contributed by atoms with E-state index in [2.05, 4.69) is 15.6 Å². The normalized spacial score (nSPS) is 15.4. The molecule has 2 N–H and O–H groups in total. The zero-order chi connectivity index (χ0) is 20.3. The van der Waals surface area contributed by atoms with Crippen LogP contribution in [0.1, 0.15) is 24.0 Å². The molecule has 1 aromatic carbocycles. The van der Waals surface area contributed by atoms with Gasteiger partial charge < -0.3 is 15.5 Å². The maximum absolute atomic E-state index is 13.7. The van der Waals surface area contributed by atoms with Crippen LogP contribution in [0.3, 0.4) is 0 Å². The van der Waals surface area contributed by atoms with E-state index in [1.165, 1.54) is 12.1 Å². The number of benzene rings is 1. The molecule has 1 saturated heterocycles. The summed E-state index contributed by atoms with van der Waals surface area (Å²) < 4.78 is 51.6. The number of rotatable bonds is 3. The molecule has 2 amide bonds. The monoisotopic (exact) mass is 396 g/mol. The molecule has 3 rings (SSSR count). The molecule has 1 fully saturated rings. The van der Waals surface area contributed by atoms with Crippen molar-refractivity contribution in [1.29, 1.82) is 0 Å². The smallest absolute Gasteiger partial charge is 0.356 e. The number of aryl methyl sites for hydroxylation is 1. The highest BCUT2D eigenvalue weighted by molar-refractivity contribution is 5.89. The number of anilines is 2. The number of nitrogens with one attached hydrogen (secondary N) is 2. The van der Waals surface area contributed by atoms with Crippen molar-refractivity contribution in [3.63, 3.8) is 0 Å². The Morgan fingerprint density at radius 3 is 2.50 bits per heavy atom. The molecule has 1 aromatic heterocycles. The molecule has 1 aliphatic rings. The number of halogens is 4. The highest BCUT2D eigenvalue weighted by atomic mass is 19.4. The first-order valence-corrected chi connectivity index (χ1v) is 8.84. The van der Waals surface area contributed by atoms with Crippen molar-refractivity contribution in [1.82, 2.24) is 10.3 Å². The fraction of sp³-hybridized carbons (Fsp3) is 0.368. The summed E-state index contributed by atoms with van der Waals surface area (Å²) in [5.74, 6) is -0.0401. The number of carbonyl (C=O) groups is 1. The summed E-state index contributed by atoms with van der Waals surface area (Å²) in [4.78, 5) is 17.9. The molecule has 0 spiro atoms. The summed E-state index contributed by atoms with van der Waals surface area (Å²) in [5, 5.41) is 5.31. The molecule has 0 aliphatic carbocycles. The molecule has 0 unspecified atom stereocenters. The first-order valence-electron chi connectivity index (χ1n) is 8.84. The Bertz CT molecular complexity index is 831. The van der Waals surface area contributed by atoms with E-state index in [0.29, 0.717) is 31.7 Å². The average molecular weight is 396 g/mol. The van der Waals surface area contributed by atoms with E-state index < -0.39 is 23.6 Å². The molecule has 9 heteroatoms. The fourth-order valence-corrected chi connectivity index (χ4v) is 3.07. The van der Waals surface area contributed by atoms with Crippen LogP contribution in [0.4, 0.5) is 33.9 Å². The quantitative estimate of drug-likeness (QED) is 0.759. The van der Waals surface area contributed by atoms with Gasteiger partial charge in [-0.15, -0.1) is 0 Å². The summed E-state index contributed by atoms with van der Waals surface area (Å²) >= 11 is 0. The maximum atomic E-state index is 13.7. The highest BCUT2D eigenvalue weighted by Gasteiger charge is 2.31. The van der Waals surface area contributed by atoms with E-state index in [-0.39, 0.29) is 11.7 Å². The first-order chi connectivity index (χ1) is 13.2. The van der Waals surface area contributed by atoms with Crippen LogP contribution in [0.2, 0.25) is 0 Å². The van der Waals surface area contributed by atoms with Gasteiger partial charge in [0.25, 0.3) is 0 Å². The van der Waals surface area contributed by atoms with Crippen LogP contribution in [0, 0.1) is 12.7 Å². The molecule has 2 heterocycles. The minimum Gasteiger partial charge on any atom is -0.356 e. The van der Waals surface area contributed by atoms with Gasteiger partial charge in [0.1, 0.15) is 11.6 Å². The molecule has 0 radical (unpaired) electrons. The van der Waals surface area contributed by atoms with E-state index >= 15 is 0 Å². The topological polar surface area (TPSA) is 57.3 Å². The number of amides is 2. The van der Waals surface area contributed by atoms with Crippen LogP contribution < -0.4 is 15.5 Å². The lowest BCUT2D eigenvalue weighted by molar-refractivity contribution is -0.137. The van der Waals surface area contributed by atoms with E-state index in [1.807, 2.05) is 4.90 Å². The SMILES string of the molecule is Cc1ccc(F)c(NC(=O)NC2CCN(c3ccc(C(F)(F)F)cn3)CC2)c1. The minimum absolute atomic E-state index is 0.112. The van der Waals surface area contributed by atoms with Crippen molar-refractivity contribution in [2.75, 3.05) is 23.3 Å². The van der Waals surface area contributed by atoms with E-state index in [1.54, 1.807) is 19.1 Å². The number of pyridine rings is 1. The van der Waals surface area contributed by atoms with Crippen molar-refractivity contribution in [2.24, 2.45) is 0 Å². The number of hydrogen-bond donors (Lipinski definition) is 2. The average Bonchev–Trinajstić information content (AvgIpc) is 2.65. The Morgan fingerprint density at radius 1 is 1.18 bits per heavy atom. The Morgan fingerprint density at radius 2 is 1.89 bits per heavy atom. The Labute approximate surface area is 159 Å². The molecule has 0 atom stereocenters. The van der Waals surface area contributed by atoms with Gasteiger partial charge in [-0.05, 0) is 49.6 Å². The third-order valence-electron chi connectivity index (χ3n) is 4.60. The molecule has 0 bridgehead atoms. The van der Waals surface area contributed by atoms with Gasteiger partial charge in [0.2, 0.25) is 0 Å². The van der Waals surface area contributed by atoms with Gasteiger partial charge in [-0.25, -0.2) is 14.2 Å². The van der Waals surface area contributed by atoms with Crippen LogP contribution in [-0.4, -0.2) is 30.1 Å². The fourth-order valence-electron chi connectivity index (χ4n) is 3.07. The van der Waals surface area contributed by atoms with E-state index in [0.717, 1.165) is 17.8 Å². The van der Waals surface area contributed by atoms with Gasteiger partial charge in [0, 0.05) is 25.3 Å². The van der Waals surface area contributed by atoms with E-state index in [9.17, 15) is 22.4 Å². The van der Waals surface area contributed by atoms with Crippen LogP contribution in [0.5, 0.6) is 0 Å². The molecular formula is C19H20F4N4O. The second kappa shape index (κ2) is 8.04. The zero-order valence-electron chi connectivity index (χ0n) is 15.2. The van der Waals surface area contributed by atoms with Gasteiger partial charge in [0.05, 0.1) is 11.3 Å².